The molecule has 0 amide bonds. The van der Waals surface area contributed by atoms with Crippen LogP contribution < -0.4 is 40.4 Å². The van der Waals surface area contributed by atoms with Crippen molar-refractivity contribution >= 4 is 7.60 Å². The van der Waals surface area contributed by atoms with Gasteiger partial charge in [-0.2, -0.15) is 0 Å². The predicted octanol–water partition coefficient (Wildman–Crippen LogP) is -1.78. The maximum Gasteiger partial charge on any atom is 1.00 e. The molecule has 28 heavy (non-hydrogen) atoms. The molecular formula is C17H18N2NaO7P. The molecule has 5 atom stereocenters. The minimum Gasteiger partial charge on any atom is -0.858 e. The van der Waals surface area contributed by atoms with E-state index in [-0.39, 0.29) is 42.6 Å². The molecule has 1 aromatic heterocycles. The Morgan fingerprint density at radius 1 is 1.25 bits per heavy atom. The zero-order chi connectivity index (χ0) is 19.2. The van der Waals surface area contributed by atoms with E-state index in [1.165, 1.54) is 10.8 Å². The molecule has 1 unspecified atom stereocenters. The molecule has 2 saturated heterocycles. The van der Waals surface area contributed by atoms with Gasteiger partial charge in [0.2, 0.25) is 0 Å². The van der Waals surface area contributed by atoms with E-state index in [0.717, 1.165) is 0 Å². The van der Waals surface area contributed by atoms with Crippen LogP contribution in [-0.2, 0) is 18.6 Å². The van der Waals surface area contributed by atoms with Crippen molar-refractivity contribution in [1.82, 2.24) is 9.55 Å². The van der Waals surface area contributed by atoms with Gasteiger partial charge in [0.05, 0.1) is 12.7 Å². The van der Waals surface area contributed by atoms with Crippen molar-refractivity contribution in [3.63, 3.8) is 0 Å². The molecule has 0 spiro atoms. The van der Waals surface area contributed by atoms with Crippen molar-refractivity contribution in [2.45, 2.75) is 37.6 Å². The average Bonchev–Trinajstić information content (AvgIpc) is 2.99. The molecule has 2 aliphatic heterocycles. The zero-order valence-corrected chi connectivity index (χ0v) is 18.3. The third-order valence-electron chi connectivity index (χ3n) is 4.69. The Hall–Kier alpha value is -1.03. The summed E-state index contributed by atoms with van der Waals surface area (Å²) in [7, 11) is -4.06. The molecule has 0 aliphatic carbocycles. The topological polar surface area (TPSA) is 123 Å². The number of hydrogen-bond acceptors (Lipinski definition) is 7. The first-order chi connectivity index (χ1) is 12.8. The average molecular weight is 416 g/mol. The van der Waals surface area contributed by atoms with Gasteiger partial charge in [0, 0.05) is 12.6 Å². The van der Waals surface area contributed by atoms with Crippen LogP contribution in [0.15, 0.2) is 41.3 Å². The fraction of sp³-hybridized carbons (Fsp3) is 0.412. The van der Waals surface area contributed by atoms with Gasteiger partial charge in [-0.15, -0.1) is 0 Å². The Bertz CT molecular complexity index is 954. The fourth-order valence-corrected chi connectivity index (χ4v) is 4.65. The van der Waals surface area contributed by atoms with Gasteiger partial charge in [-0.25, -0.2) is 9.78 Å². The van der Waals surface area contributed by atoms with Gasteiger partial charge in [-0.1, -0.05) is 30.3 Å². The van der Waals surface area contributed by atoms with Crippen molar-refractivity contribution in [2.75, 3.05) is 6.61 Å². The number of aryl methyl sites for hydroxylation is 1. The third-order valence-corrected chi connectivity index (χ3v) is 6.22. The summed E-state index contributed by atoms with van der Waals surface area (Å²) in [5, 5.41) is 11.5. The first kappa shape index (κ1) is 21.7. The molecule has 9 nitrogen and oxygen atoms in total. The Labute approximate surface area is 183 Å². The van der Waals surface area contributed by atoms with Crippen molar-refractivity contribution in [1.29, 1.82) is 0 Å². The molecule has 1 N–H and O–H groups in total. The summed E-state index contributed by atoms with van der Waals surface area (Å²) in [5.41, 5.74) is 0.141. The van der Waals surface area contributed by atoms with Gasteiger partial charge in [0.25, 0.3) is 0 Å². The quantitative estimate of drug-likeness (QED) is 0.450. The molecule has 3 heterocycles. The van der Waals surface area contributed by atoms with Crippen LogP contribution in [0.4, 0.5) is 0 Å². The second-order valence-electron chi connectivity index (χ2n) is 6.58. The smallest absolute Gasteiger partial charge is 0.858 e. The van der Waals surface area contributed by atoms with E-state index in [1.54, 1.807) is 37.3 Å². The second-order valence-corrected chi connectivity index (χ2v) is 8.44. The van der Waals surface area contributed by atoms with E-state index >= 15 is 0 Å². The maximum atomic E-state index is 12.6. The van der Waals surface area contributed by atoms with Gasteiger partial charge in [0.1, 0.15) is 12.3 Å². The number of fused-ring (bicyclic) bond motifs is 1. The number of ether oxygens (including phenoxy) is 2. The fourth-order valence-electron chi connectivity index (χ4n) is 3.30. The van der Waals surface area contributed by atoms with Crippen molar-refractivity contribution in [3.05, 3.63) is 58.1 Å². The van der Waals surface area contributed by atoms with E-state index in [2.05, 4.69) is 4.98 Å². The van der Waals surface area contributed by atoms with Crippen molar-refractivity contribution < 1.29 is 58.1 Å². The van der Waals surface area contributed by atoms with Gasteiger partial charge < -0.3 is 24.0 Å². The number of nitrogens with zero attached hydrogens (tertiary/aromatic N) is 2. The van der Waals surface area contributed by atoms with Crippen LogP contribution in [0.2, 0.25) is 0 Å². The van der Waals surface area contributed by atoms with E-state index < -0.39 is 43.4 Å². The standard InChI is InChI=1S/C17H19N2O7P.Na/c1-10-8-19(17(21)18-15(10)20)14-7-12-13(25-14)9-24-27(22,23)16(26-12)11-5-3-2-4-6-11;/h2-6,8,12-14,16H,7,9H2,1H3,(H,22,23)(H,18,20,21);/q;+1/p-1/t12-,13-,14-,16+;/m1./s1. The molecule has 11 heteroatoms. The summed E-state index contributed by atoms with van der Waals surface area (Å²) >= 11 is 0. The molecule has 0 saturated carbocycles. The summed E-state index contributed by atoms with van der Waals surface area (Å²) in [6.07, 6.45) is -0.211. The van der Waals surface area contributed by atoms with Crippen LogP contribution in [0.5, 0.6) is 5.88 Å². The number of benzene rings is 1. The molecule has 0 radical (unpaired) electrons. The summed E-state index contributed by atoms with van der Waals surface area (Å²) in [5.74, 6) is -1.72. The maximum absolute atomic E-state index is 12.6. The third kappa shape index (κ3) is 4.13. The molecule has 1 aromatic carbocycles. The Morgan fingerprint density at radius 3 is 2.68 bits per heavy atom. The first-order valence-corrected chi connectivity index (χ1v) is 10.1. The molecule has 2 aliphatic rings. The predicted molar refractivity (Wildman–Crippen MR) is 91.0 cm³/mol. The van der Waals surface area contributed by atoms with Crippen LogP contribution in [0.25, 0.3) is 0 Å². The van der Waals surface area contributed by atoms with Crippen molar-refractivity contribution in [2.24, 2.45) is 0 Å². The van der Waals surface area contributed by atoms with Crippen LogP contribution >= 0.6 is 7.60 Å². The van der Waals surface area contributed by atoms with Gasteiger partial charge in [-0.3, -0.25) is 9.13 Å². The van der Waals surface area contributed by atoms with Crippen molar-refractivity contribution in [3.8, 4) is 5.88 Å². The van der Waals surface area contributed by atoms with Crippen LogP contribution in [0.3, 0.4) is 0 Å². The minimum absolute atomic E-state index is 0. The van der Waals surface area contributed by atoms with E-state index in [1.807, 2.05) is 0 Å². The largest absolute Gasteiger partial charge is 1.00 e. The first-order valence-electron chi connectivity index (χ1n) is 8.45. The number of rotatable bonds is 2. The number of aromatic nitrogens is 2. The van der Waals surface area contributed by atoms with E-state index in [9.17, 15) is 19.4 Å². The van der Waals surface area contributed by atoms with Gasteiger partial charge in [-0.05, 0) is 23.9 Å². The summed E-state index contributed by atoms with van der Waals surface area (Å²) < 4.78 is 30.8. The molecular weight excluding hydrogens is 398 g/mol. The van der Waals surface area contributed by atoms with E-state index in [0.29, 0.717) is 11.1 Å². The second kappa shape index (κ2) is 8.38. The Kier molecular flexibility index (Phi) is 6.48. The number of hydrogen-bond donors (Lipinski definition) is 1. The van der Waals surface area contributed by atoms with Crippen LogP contribution in [0, 0.1) is 6.92 Å². The monoisotopic (exact) mass is 416 g/mol. The molecule has 144 valence electrons. The summed E-state index contributed by atoms with van der Waals surface area (Å²) in [6.45, 7) is 1.42. The van der Waals surface area contributed by atoms with Crippen LogP contribution in [-0.4, -0.2) is 33.3 Å². The molecule has 4 rings (SSSR count). The summed E-state index contributed by atoms with van der Waals surface area (Å²) in [6, 6.07) is 8.66. The SMILES string of the molecule is Cc1cn([C@H]2C[C@H]3O[C@H](c4ccccc4)P(=O)(O)OC[C@H]3O2)c(=O)nc1[O-].[Na+]. The molecule has 2 fully saturated rings. The minimum atomic E-state index is -4.06. The normalized spacial score (nSPS) is 32.2. The Balaban J connectivity index is 0.00000225. The molecule has 0 bridgehead atoms. The zero-order valence-electron chi connectivity index (χ0n) is 15.4. The Morgan fingerprint density at radius 2 is 1.96 bits per heavy atom. The van der Waals surface area contributed by atoms with E-state index in [4.69, 9.17) is 14.0 Å². The molecule has 2 aromatic rings. The van der Waals surface area contributed by atoms with Gasteiger partial charge in [0.15, 0.2) is 5.85 Å². The van der Waals surface area contributed by atoms with Crippen LogP contribution in [0.1, 0.15) is 29.6 Å². The van der Waals surface area contributed by atoms with Gasteiger partial charge >= 0.3 is 42.8 Å². The summed E-state index contributed by atoms with van der Waals surface area (Å²) in [4.78, 5) is 25.8.